The van der Waals surface area contributed by atoms with Gasteiger partial charge in [-0.2, -0.15) is 0 Å². The summed E-state index contributed by atoms with van der Waals surface area (Å²) in [4.78, 5) is 0. The number of phenols is 2. The first kappa shape index (κ1) is 13.2. The van der Waals surface area contributed by atoms with Gasteiger partial charge in [-0.1, -0.05) is 22.0 Å². The highest BCUT2D eigenvalue weighted by Gasteiger charge is 2.35. The van der Waals surface area contributed by atoms with Gasteiger partial charge in [0.2, 0.25) is 0 Å². The Morgan fingerprint density at radius 3 is 2.62 bits per heavy atom. The molecular formula is C17H16BrNO2. The summed E-state index contributed by atoms with van der Waals surface area (Å²) >= 11 is 3.56. The molecule has 3 N–H and O–H groups in total. The van der Waals surface area contributed by atoms with Gasteiger partial charge in [0.05, 0.1) is 0 Å². The third-order valence-electron chi connectivity index (χ3n) is 4.70. The lowest BCUT2D eigenvalue weighted by molar-refractivity contribution is 0.380. The Morgan fingerprint density at radius 2 is 1.76 bits per heavy atom. The molecular weight excluding hydrogens is 330 g/mol. The summed E-state index contributed by atoms with van der Waals surface area (Å²) < 4.78 is 1.08. The quantitative estimate of drug-likeness (QED) is 0.641. The van der Waals surface area contributed by atoms with Crippen LogP contribution in [0.1, 0.15) is 34.6 Å². The molecule has 0 spiro atoms. The Labute approximate surface area is 131 Å². The van der Waals surface area contributed by atoms with E-state index in [2.05, 4.69) is 39.4 Å². The zero-order valence-corrected chi connectivity index (χ0v) is 13.0. The van der Waals surface area contributed by atoms with E-state index in [0.717, 1.165) is 35.0 Å². The fraction of sp³-hybridized carbons (Fsp3) is 0.294. The fourth-order valence-corrected chi connectivity index (χ4v) is 4.08. The van der Waals surface area contributed by atoms with Gasteiger partial charge in [-0.3, -0.25) is 0 Å². The second kappa shape index (κ2) is 4.75. The van der Waals surface area contributed by atoms with Crippen LogP contribution in [0, 0.1) is 0 Å². The number of aryl methyl sites for hydroxylation is 1. The van der Waals surface area contributed by atoms with Crippen LogP contribution >= 0.6 is 15.9 Å². The summed E-state index contributed by atoms with van der Waals surface area (Å²) in [6.45, 7) is 0.892. The molecule has 0 radical (unpaired) electrons. The van der Waals surface area contributed by atoms with Crippen LogP contribution in [0.5, 0.6) is 11.5 Å². The molecule has 0 saturated heterocycles. The highest BCUT2D eigenvalue weighted by molar-refractivity contribution is 9.10. The van der Waals surface area contributed by atoms with Crippen LogP contribution in [0.4, 0.5) is 0 Å². The van der Waals surface area contributed by atoms with Crippen molar-refractivity contribution in [2.75, 3.05) is 0 Å². The minimum absolute atomic E-state index is 0.0227. The van der Waals surface area contributed by atoms with Gasteiger partial charge < -0.3 is 15.5 Å². The first-order valence-corrected chi connectivity index (χ1v) is 7.99. The minimum Gasteiger partial charge on any atom is -0.504 e. The molecule has 1 aliphatic carbocycles. The Balaban J connectivity index is 1.92. The molecule has 0 fully saturated rings. The molecule has 0 bridgehead atoms. The van der Waals surface area contributed by atoms with Crippen molar-refractivity contribution in [1.29, 1.82) is 0 Å². The van der Waals surface area contributed by atoms with E-state index in [0.29, 0.717) is 6.04 Å². The molecule has 0 amide bonds. The van der Waals surface area contributed by atoms with Crippen molar-refractivity contribution in [2.45, 2.75) is 31.3 Å². The predicted octanol–water partition coefficient (Wildman–Crippen LogP) is 3.41. The van der Waals surface area contributed by atoms with Crippen LogP contribution in [0.25, 0.3) is 0 Å². The lowest BCUT2D eigenvalue weighted by atomic mass is 9.72. The Kier molecular flexibility index (Phi) is 2.98. The van der Waals surface area contributed by atoms with E-state index in [1.807, 2.05) is 0 Å². The maximum atomic E-state index is 9.89. The lowest BCUT2D eigenvalue weighted by Gasteiger charge is -2.39. The monoisotopic (exact) mass is 345 g/mol. The molecule has 21 heavy (non-hydrogen) atoms. The van der Waals surface area contributed by atoms with Crippen molar-refractivity contribution in [2.24, 2.45) is 0 Å². The van der Waals surface area contributed by atoms with E-state index in [1.54, 1.807) is 12.1 Å². The second-order valence-electron chi connectivity index (χ2n) is 5.89. The normalized spacial score (nSPS) is 23.1. The summed E-state index contributed by atoms with van der Waals surface area (Å²) in [6, 6.07) is 10.2. The van der Waals surface area contributed by atoms with E-state index < -0.39 is 0 Å². The van der Waals surface area contributed by atoms with E-state index >= 15 is 0 Å². The molecule has 2 aliphatic rings. The number of phenolic OH excluding ortho intramolecular Hbond substituents is 2. The van der Waals surface area contributed by atoms with Gasteiger partial charge in [0.25, 0.3) is 0 Å². The predicted molar refractivity (Wildman–Crippen MR) is 84.7 cm³/mol. The topological polar surface area (TPSA) is 52.5 Å². The van der Waals surface area contributed by atoms with Gasteiger partial charge in [-0.15, -0.1) is 0 Å². The summed E-state index contributed by atoms with van der Waals surface area (Å²) in [6.07, 6.45) is 1.98. The third kappa shape index (κ3) is 2.05. The number of fused-ring (bicyclic) bond motifs is 5. The SMILES string of the molecule is Oc1cc2c(cc1O)[C@@H]1c3cc(Br)ccc3CN[C@H]1CC2. The van der Waals surface area contributed by atoms with Crippen molar-refractivity contribution in [1.82, 2.24) is 5.32 Å². The number of hydrogen-bond acceptors (Lipinski definition) is 3. The van der Waals surface area contributed by atoms with Crippen molar-refractivity contribution in [3.05, 3.63) is 57.1 Å². The van der Waals surface area contributed by atoms with Crippen LogP contribution in [-0.2, 0) is 13.0 Å². The van der Waals surface area contributed by atoms with Crippen molar-refractivity contribution in [3.63, 3.8) is 0 Å². The van der Waals surface area contributed by atoms with Gasteiger partial charge in [-0.25, -0.2) is 0 Å². The van der Waals surface area contributed by atoms with Crippen LogP contribution in [0.2, 0.25) is 0 Å². The maximum absolute atomic E-state index is 9.89. The molecule has 2 atom stereocenters. The summed E-state index contributed by atoms with van der Waals surface area (Å²) in [5, 5.41) is 23.2. The van der Waals surface area contributed by atoms with Gasteiger partial charge >= 0.3 is 0 Å². The van der Waals surface area contributed by atoms with Crippen LogP contribution in [0.15, 0.2) is 34.8 Å². The number of aromatic hydroxyl groups is 2. The highest BCUT2D eigenvalue weighted by Crippen LogP contribution is 2.44. The standard InChI is InChI=1S/C17H16BrNO2/c18-11-3-1-10-8-19-14-4-2-9-5-15(20)16(21)7-13(9)17(14)12(10)6-11/h1,3,5-7,14,17,19-21H,2,4,8H2/t14-,17-/m0/s1. The van der Waals surface area contributed by atoms with Crippen LogP contribution < -0.4 is 5.32 Å². The molecule has 108 valence electrons. The van der Waals surface area contributed by atoms with E-state index in [-0.39, 0.29) is 17.4 Å². The molecule has 4 heteroatoms. The summed E-state index contributed by atoms with van der Waals surface area (Å²) in [5.41, 5.74) is 4.90. The smallest absolute Gasteiger partial charge is 0.157 e. The average Bonchev–Trinajstić information content (AvgIpc) is 2.48. The zero-order chi connectivity index (χ0) is 14.6. The number of benzene rings is 2. The van der Waals surface area contributed by atoms with Gasteiger partial charge in [0.15, 0.2) is 11.5 Å². The minimum atomic E-state index is -0.0310. The van der Waals surface area contributed by atoms with E-state index in [1.165, 1.54) is 11.1 Å². The molecule has 2 aromatic carbocycles. The Bertz CT molecular complexity index is 729. The lowest BCUT2D eigenvalue weighted by Crippen LogP contribution is -2.42. The Morgan fingerprint density at radius 1 is 1.00 bits per heavy atom. The van der Waals surface area contributed by atoms with E-state index in [9.17, 15) is 10.2 Å². The number of rotatable bonds is 0. The average molecular weight is 346 g/mol. The largest absolute Gasteiger partial charge is 0.504 e. The number of halogens is 1. The van der Waals surface area contributed by atoms with Crippen molar-refractivity contribution >= 4 is 15.9 Å². The van der Waals surface area contributed by atoms with Crippen LogP contribution in [0.3, 0.4) is 0 Å². The molecule has 3 nitrogen and oxygen atoms in total. The van der Waals surface area contributed by atoms with Gasteiger partial charge in [0.1, 0.15) is 0 Å². The first-order valence-electron chi connectivity index (χ1n) is 7.20. The van der Waals surface area contributed by atoms with E-state index in [4.69, 9.17) is 0 Å². The van der Waals surface area contributed by atoms with Gasteiger partial charge in [0, 0.05) is 23.0 Å². The summed E-state index contributed by atoms with van der Waals surface area (Å²) in [7, 11) is 0. The Hall–Kier alpha value is -1.52. The third-order valence-corrected chi connectivity index (χ3v) is 5.19. The molecule has 2 aromatic rings. The first-order chi connectivity index (χ1) is 10.1. The molecule has 0 saturated carbocycles. The second-order valence-corrected chi connectivity index (χ2v) is 6.80. The molecule has 1 aliphatic heterocycles. The number of nitrogens with one attached hydrogen (secondary N) is 1. The maximum Gasteiger partial charge on any atom is 0.157 e. The summed E-state index contributed by atoms with van der Waals surface area (Å²) in [5.74, 6) is 0.184. The molecule has 4 rings (SSSR count). The van der Waals surface area contributed by atoms with Crippen LogP contribution in [-0.4, -0.2) is 16.3 Å². The highest BCUT2D eigenvalue weighted by atomic mass is 79.9. The number of hydrogen-bond donors (Lipinski definition) is 3. The molecule has 1 heterocycles. The zero-order valence-electron chi connectivity index (χ0n) is 11.4. The van der Waals surface area contributed by atoms with Gasteiger partial charge in [-0.05, 0) is 59.4 Å². The molecule has 0 unspecified atom stereocenters. The van der Waals surface area contributed by atoms with Crippen molar-refractivity contribution < 1.29 is 10.2 Å². The van der Waals surface area contributed by atoms with Crippen molar-refractivity contribution in [3.8, 4) is 11.5 Å². The molecule has 0 aromatic heterocycles. The fourth-order valence-electron chi connectivity index (χ4n) is 3.70.